The molecule has 31 heavy (non-hydrogen) atoms. The van der Waals surface area contributed by atoms with E-state index in [1.807, 2.05) is 25.1 Å². The van der Waals surface area contributed by atoms with Crippen LogP contribution in [-0.2, 0) is 0 Å². The van der Waals surface area contributed by atoms with Crippen molar-refractivity contribution in [3.8, 4) is 17.2 Å². The monoisotopic (exact) mass is 442 g/mol. The lowest BCUT2D eigenvalue weighted by atomic mass is 10.2. The molecule has 2 aromatic carbocycles. The molecule has 2 heterocycles. The van der Waals surface area contributed by atoms with Crippen LogP contribution in [0.3, 0.4) is 0 Å². The fourth-order valence-electron chi connectivity index (χ4n) is 3.48. The van der Waals surface area contributed by atoms with Gasteiger partial charge in [0.05, 0.1) is 36.7 Å². The van der Waals surface area contributed by atoms with Crippen molar-refractivity contribution in [2.75, 3.05) is 57.2 Å². The number of piperazine rings is 1. The van der Waals surface area contributed by atoms with Crippen molar-refractivity contribution in [2.45, 2.75) is 6.92 Å². The molecule has 1 N–H and O–H groups in total. The van der Waals surface area contributed by atoms with Gasteiger partial charge in [0.15, 0.2) is 5.13 Å². The highest BCUT2D eigenvalue weighted by molar-refractivity contribution is 7.22. The summed E-state index contributed by atoms with van der Waals surface area (Å²) in [6, 6.07) is 11.2. The first kappa shape index (κ1) is 21.0. The van der Waals surface area contributed by atoms with E-state index in [9.17, 15) is 4.79 Å². The number of carbonyl (C=O) groups is 1. The first-order valence-electron chi connectivity index (χ1n) is 10.2. The van der Waals surface area contributed by atoms with E-state index in [0.29, 0.717) is 36.9 Å². The van der Waals surface area contributed by atoms with E-state index in [1.54, 1.807) is 48.7 Å². The number of nitrogens with one attached hydrogen (secondary N) is 1. The third-order valence-electron chi connectivity index (χ3n) is 5.15. The summed E-state index contributed by atoms with van der Waals surface area (Å²) >= 11 is 1.65. The highest BCUT2D eigenvalue weighted by Crippen LogP contribution is 2.32. The van der Waals surface area contributed by atoms with Crippen LogP contribution in [0.1, 0.15) is 6.92 Å². The molecule has 0 unspecified atom stereocenters. The Morgan fingerprint density at radius 2 is 1.84 bits per heavy atom. The number of anilines is 2. The van der Waals surface area contributed by atoms with Gasteiger partial charge in [0.1, 0.15) is 17.2 Å². The zero-order valence-electron chi connectivity index (χ0n) is 17.9. The number of urea groups is 1. The molecule has 1 fully saturated rings. The molecule has 3 aromatic rings. The number of ether oxygens (including phenoxy) is 3. The van der Waals surface area contributed by atoms with Crippen LogP contribution >= 0.6 is 11.3 Å². The number of carbonyl (C=O) groups excluding carboxylic acids is 1. The topological polar surface area (TPSA) is 76.2 Å². The quantitative estimate of drug-likeness (QED) is 0.620. The van der Waals surface area contributed by atoms with Crippen LogP contribution < -0.4 is 24.4 Å². The van der Waals surface area contributed by atoms with Crippen molar-refractivity contribution in [1.29, 1.82) is 0 Å². The Balaban J connectivity index is 1.38. The lowest BCUT2D eigenvalue weighted by Gasteiger charge is -2.34. The number of benzene rings is 2. The molecule has 4 rings (SSSR count). The Morgan fingerprint density at radius 1 is 1.06 bits per heavy atom. The number of fused-ring (bicyclic) bond motifs is 1. The highest BCUT2D eigenvalue weighted by Gasteiger charge is 2.24. The fraction of sp³-hybridized carbons (Fsp3) is 0.364. The molecule has 8 nitrogen and oxygen atoms in total. The number of amides is 2. The second-order valence-corrected chi connectivity index (χ2v) is 8.04. The van der Waals surface area contributed by atoms with E-state index < -0.39 is 0 Å². The third kappa shape index (κ3) is 4.61. The van der Waals surface area contributed by atoms with Crippen LogP contribution in [0.15, 0.2) is 36.4 Å². The molecule has 2 amide bonds. The highest BCUT2D eigenvalue weighted by atomic mass is 32.1. The molecule has 0 bridgehead atoms. The second kappa shape index (κ2) is 9.30. The number of nitrogens with zero attached hydrogens (tertiary/aromatic N) is 3. The number of aromatic nitrogens is 1. The van der Waals surface area contributed by atoms with E-state index in [-0.39, 0.29) is 6.03 Å². The van der Waals surface area contributed by atoms with Crippen molar-refractivity contribution in [3.05, 3.63) is 36.4 Å². The number of methoxy groups -OCH3 is 2. The Hall–Kier alpha value is -3.20. The van der Waals surface area contributed by atoms with Crippen molar-refractivity contribution in [3.63, 3.8) is 0 Å². The number of hydrogen-bond donors (Lipinski definition) is 1. The van der Waals surface area contributed by atoms with E-state index in [1.165, 1.54) is 0 Å². The minimum absolute atomic E-state index is 0.145. The molecule has 164 valence electrons. The molecular formula is C22H26N4O4S. The van der Waals surface area contributed by atoms with Gasteiger partial charge in [-0.3, -0.25) is 0 Å². The van der Waals surface area contributed by atoms with Gasteiger partial charge < -0.3 is 29.3 Å². The predicted octanol–water partition coefficient (Wildman–Crippen LogP) is 4.07. The molecule has 1 saturated heterocycles. The average Bonchev–Trinajstić information content (AvgIpc) is 3.23. The smallest absolute Gasteiger partial charge is 0.322 e. The molecule has 1 aromatic heterocycles. The van der Waals surface area contributed by atoms with E-state index in [0.717, 1.165) is 34.2 Å². The van der Waals surface area contributed by atoms with Crippen LogP contribution in [0.4, 0.5) is 15.6 Å². The third-order valence-corrected chi connectivity index (χ3v) is 6.23. The summed E-state index contributed by atoms with van der Waals surface area (Å²) in [7, 11) is 3.16. The zero-order valence-corrected chi connectivity index (χ0v) is 18.7. The molecule has 0 spiro atoms. The lowest BCUT2D eigenvalue weighted by molar-refractivity contribution is 0.208. The number of thiazole rings is 1. The molecule has 0 aliphatic carbocycles. The Kier molecular flexibility index (Phi) is 6.31. The van der Waals surface area contributed by atoms with Crippen LogP contribution in [0.2, 0.25) is 0 Å². The van der Waals surface area contributed by atoms with Gasteiger partial charge in [-0.25, -0.2) is 9.78 Å². The summed E-state index contributed by atoms with van der Waals surface area (Å²) in [6.07, 6.45) is 0. The van der Waals surface area contributed by atoms with Crippen molar-refractivity contribution in [2.24, 2.45) is 0 Å². The molecule has 1 aliphatic heterocycles. The number of rotatable bonds is 6. The van der Waals surface area contributed by atoms with E-state index in [2.05, 4.69) is 10.2 Å². The van der Waals surface area contributed by atoms with Gasteiger partial charge >= 0.3 is 6.03 Å². The molecule has 0 radical (unpaired) electrons. The molecule has 0 saturated carbocycles. The zero-order chi connectivity index (χ0) is 21.8. The first-order chi connectivity index (χ1) is 15.1. The predicted molar refractivity (Wildman–Crippen MR) is 123 cm³/mol. The first-order valence-corrected chi connectivity index (χ1v) is 11.0. The van der Waals surface area contributed by atoms with Crippen LogP contribution in [-0.4, -0.2) is 62.9 Å². The Bertz CT molecular complexity index is 1060. The summed E-state index contributed by atoms with van der Waals surface area (Å²) < 4.78 is 17.3. The van der Waals surface area contributed by atoms with Gasteiger partial charge in [-0.2, -0.15) is 0 Å². The van der Waals surface area contributed by atoms with Gasteiger partial charge in [-0.15, -0.1) is 0 Å². The Morgan fingerprint density at radius 3 is 2.55 bits per heavy atom. The van der Waals surface area contributed by atoms with Gasteiger partial charge in [0, 0.05) is 32.2 Å². The minimum atomic E-state index is -0.145. The summed E-state index contributed by atoms with van der Waals surface area (Å²) in [4.78, 5) is 21.5. The van der Waals surface area contributed by atoms with Gasteiger partial charge in [0.25, 0.3) is 0 Å². The second-order valence-electron chi connectivity index (χ2n) is 7.03. The number of hydrogen-bond acceptors (Lipinski definition) is 7. The normalized spacial score (nSPS) is 13.9. The van der Waals surface area contributed by atoms with E-state index >= 15 is 0 Å². The summed E-state index contributed by atoms with van der Waals surface area (Å²) in [5, 5.41) is 3.91. The van der Waals surface area contributed by atoms with Crippen molar-refractivity contribution >= 4 is 38.4 Å². The fourth-order valence-corrected chi connectivity index (χ4v) is 4.53. The minimum Gasteiger partial charge on any atom is -0.497 e. The van der Waals surface area contributed by atoms with Gasteiger partial charge in [-0.05, 0) is 37.3 Å². The summed E-state index contributed by atoms with van der Waals surface area (Å²) in [5.74, 6) is 2.10. The Labute approximate surface area is 185 Å². The molecular weight excluding hydrogens is 416 g/mol. The molecule has 0 atom stereocenters. The molecule has 1 aliphatic rings. The van der Waals surface area contributed by atoms with Crippen molar-refractivity contribution < 1.29 is 19.0 Å². The summed E-state index contributed by atoms with van der Waals surface area (Å²) in [5.41, 5.74) is 1.59. The van der Waals surface area contributed by atoms with Crippen LogP contribution in [0.25, 0.3) is 10.2 Å². The maximum absolute atomic E-state index is 12.8. The summed E-state index contributed by atoms with van der Waals surface area (Å²) in [6.45, 7) is 5.30. The largest absolute Gasteiger partial charge is 0.497 e. The average molecular weight is 443 g/mol. The van der Waals surface area contributed by atoms with Gasteiger partial charge in [0.2, 0.25) is 0 Å². The molecule has 9 heteroatoms. The maximum Gasteiger partial charge on any atom is 0.322 e. The van der Waals surface area contributed by atoms with Crippen LogP contribution in [0, 0.1) is 0 Å². The van der Waals surface area contributed by atoms with Crippen LogP contribution in [0.5, 0.6) is 17.2 Å². The maximum atomic E-state index is 12.8. The van der Waals surface area contributed by atoms with E-state index in [4.69, 9.17) is 19.2 Å². The SMILES string of the molecule is CCOc1ccc2nc(N3CCN(C(=O)Nc4ccc(OC)cc4OC)CC3)sc2c1. The van der Waals surface area contributed by atoms with Crippen molar-refractivity contribution in [1.82, 2.24) is 9.88 Å². The lowest BCUT2D eigenvalue weighted by Crippen LogP contribution is -2.50. The standard InChI is InChI=1S/C22H26N4O4S/c1-4-30-16-6-8-18-20(14-16)31-22(24-18)26-11-9-25(10-12-26)21(27)23-17-7-5-15(28-2)13-19(17)29-3/h5-8,13-14H,4,9-12H2,1-3H3,(H,23,27). The van der Waals surface area contributed by atoms with Gasteiger partial charge in [-0.1, -0.05) is 11.3 Å².